The van der Waals surface area contributed by atoms with Gasteiger partial charge in [-0.2, -0.15) is 0 Å². The second kappa shape index (κ2) is 3.16. The zero-order chi connectivity index (χ0) is 7.49. The molecule has 0 aliphatic carbocycles. The predicted octanol–water partition coefficient (Wildman–Crippen LogP) is 2.20. The van der Waals surface area contributed by atoms with Gasteiger partial charge in [-0.1, -0.05) is 20.8 Å². The summed E-state index contributed by atoms with van der Waals surface area (Å²) in [6.07, 6.45) is 3.73. The second-order valence-corrected chi connectivity index (χ2v) is 3.83. The average molecular weight is 145 g/mol. The number of thioether (sulfide) groups is 1. The first-order valence-corrected chi connectivity index (χ1v) is 4.21. The molecular formula is C7H15NS. The molecule has 0 fully saturated rings. The van der Waals surface area contributed by atoms with Crippen molar-refractivity contribution in [1.82, 2.24) is 0 Å². The molecule has 0 bridgehead atoms. The van der Waals surface area contributed by atoms with Gasteiger partial charge in [0.2, 0.25) is 0 Å². The minimum Gasteiger partial charge on any atom is -0.404 e. The lowest BCUT2D eigenvalue weighted by atomic mass is 9.97. The molecule has 9 heavy (non-hydrogen) atoms. The topological polar surface area (TPSA) is 26.0 Å². The van der Waals surface area contributed by atoms with Crippen molar-refractivity contribution in [3.05, 3.63) is 11.1 Å². The summed E-state index contributed by atoms with van der Waals surface area (Å²) in [6.45, 7) is 6.46. The van der Waals surface area contributed by atoms with Gasteiger partial charge in [-0.05, 0) is 11.7 Å². The summed E-state index contributed by atoms with van der Waals surface area (Å²) in [6, 6.07) is 0. The van der Waals surface area contributed by atoms with Gasteiger partial charge in [0.25, 0.3) is 0 Å². The van der Waals surface area contributed by atoms with Crippen molar-refractivity contribution in [2.24, 2.45) is 11.1 Å². The quantitative estimate of drug-likeness (QED) is 0.612. The van der Waals surface area contributed by atoms with E-state index < -0.39 is 0 Å². The lowest BCUT2D eigenvalue weighted by Gasteiger charge is -2.19. The van der Waals surface area contributed by atoms with Crippen LogP contribution in [0.1, 0.15) is 20.8 Å². The summed E-state index contributed by atoms with van der Waals surface area (Å²) >= 11 is 1.71. The molecule has 0 aromatic rings. The molecule has 0 heterocycles. The third-order valence-electron chi connectivity index (χ3n) is 1.11. The molecule has 0 aliphatic rings. The van der Waals surface area contributed by atoms with Gasteiger partial charge in [-0.3, -0.25) is 0 Å². The highest BCUT2D eigenvalue weighted by Gasteiger charge is 2.14. The highest BCUT2D eigenvalue weighted by Crippen LogP contribution is 2.31. The van der Waals surface area contributed by atoms with Crippen molar-refractivity contribution in [3.63, 3.8) is 0 Å². The van der Waals surface area contributed by atoms with E-state index in [1.807, 2.05) is 6.26 Å². The van der Waals surface area contributed by atoms with Crippen LogP contribution in [0.2, 0.25) is 0 Å². The van der Waals surface area contributed by atoms with Gasteiger partial charge < -0.3 is 5.73 Å². The van der Waals surface area contributed by atoms with Crippen LogP contribution in [0.25, 0.3) is 0 Å². The molecule has 0 aromatic heterocycles. The van der Waals surface area contributed by atoms with Crippen LogP contribution in [0.3, 0.4) is 0 Å². The Morgan fingerprint density at radius 2 is 1.89 bits per heavy atom. The molecule has 0 unspecified atom stereocenters. The van der Waals surface area contributed by atoms with Gasteiger partial charge in [0, 0.05) is 11.1 Å². The van der Waals surface area contributed by atoms with Crippen LogP contribution in [0, 0.1) is 5.41 Å². The number of nitrogens with two attached hydrogens (primary N) is 1. The van der Waals surface area contributed by atoms with E-state index >= 15 is 0 Å². The third kappa shape index (κ3) is 2.80. The molecule has 0 saturated heterocycles. The number of hydrogen-bond donors (Lipinski definition) is 1. The van der Waals surface area contributed by atoms with Gasteiger partial charge in [-0.15, -0.1) is 11.8 Å². The van der Waals surface area contributed by atoms with Crippen LogP contribution in [0.4, 0.5) is 0 Å². The summed E-state index contributed by atoms with van der Waals surface area (Å²) in [4.78, 5) is 1.24. The van der Waals surface area contributed by atoms with Crippen LogP contribution in [-0.2, 0) is 0 Å². The minimum absolute atomic E-state index is 0.216. The minimum atomic E-state index is 0.216. The summed E-state index contributed by atoms with van der Waals surface area (Å²) in [5, 5.41) is 0. The largest absolute Gasteiger partial charge is 0.404 e. The first-order chi connectivity index (χ1) is 4.02. The van der Waals surface area contributed by atoms with Gasteiger partial charge in [0.1, 0.15) is 0 Å². The highest BCUT2D eigenvalue weighted by molar-refractivity contribution is 8.02. The van der Waals surface area contributed by atoms with E-state index in [2.05, 4.69) is 20.8 Å². The monoisotopic (exact) mass is 145 g/mol. The Morgan fingerprint density at radius 3 is 1.89 bits per heavy atom. The van der Waals surface area contributed by atoms with E-state index in [1.54, 1.807) is 18.0 Å². The van der Waals surface area contributed by atoms with Crippen LogP contribution < -0.4 is 5.73 Å². The lowest BCUT2D eigenvalue weighted by Crippen LogP contribution is -2.07. The van der Waals surface area contributed by atoms with Gasteiger partial charge in [0.15, 0.2) is 0 Å². The van der Waals surface area contributed by atoms with Crippen molar-refractivity contribution in [2.75, 3.05) is 6.26 Å². The molecule has 0 radical (unpaired) electrons. The van der Waals surface area contributed by atoms with E-state index in [9.17, 15) is 0 Å². The van der Waals surface area contributed by atoms with E-state index in [1.165, 1.54) is 4.91 Å². The van der Waals surface area contributed by atoms with Crippen molar-refractivity contribution >= 4 is 11.8 Å². The maximum Gasteiger partial charge on any atom is 0.00531 e. The fourth-order valence-corrected chi connectivity index (χ4v) is 1.37. The van der Waals surface area contributed by atoms with Crippen LogP contribution in [0.15, 0.2) is 11.1 Å². The fraction of sp³-hybridized carbons (Fsp3) is 0.714. The summed E-state index contributed by atoms with van der Waals surface area (Å²) in [7, 11) is 0. The van der Waals surface area contributed by atoms with Gasteiger partial charge in [0.05, 0.1) is 0 Å². The molecule has 54 valence electrons. The van der Waals surface area contributed by atoms with E-state index in [0.29, 0.717) is 0 Å². The Kier molecular flexibility index (Phi) is 3.12. The van der Waals surface area contributed by atoms with Gasteiger partial charge in [-0.25, -0.2) is 0 Å². The van der Waals surface area contributed by atoms with Crippen molar-refractivity contribution < 1.29 is 0 Å². The standard InChI is InChI=1S/C7H15NS/c1-7(2,3)6(5-8)9-4/h5H,8H2,1-4H3/b6-5-. The summed E-state index contributed by atoms with van der Waals surface area (Å²) in [5.41, 5.74) is 5.60. The van der Waals surface area contributed by atoms with E-state index in [4.69, 9.17) is 5.73 Å². The fourth-order valence-electron chi connectivity index (χ4n) is 0.624. The first-order valence-electron chi connectivity index (χ1n) is 2.98. The van der Waals surface area contributed by atoms with Crippen molar-refractivity contribution in [2.45, 2.75) is 20.8 Å². The Hall–Kier alpha value is -0.110. The molecule has 1 nitrogen and oxygen atoms in total. The SMILES string of the molecule is CS/C(=C\N)C(C)(C)C. The zero-order valence-corrected chi connectivity index (χ0v) is 7.38. The molecule has 0 amide bonds. The van der Waals surface area contributed by atoms with Gasteiger partial charge >= 0.3 is 0 Å². The molecule has 0 aliphatic heterocycles. The van der Waals surface area contributed by atoms with Crippen molar-refractivity contribution in [3.8, 4) is 0 Å². The Balaban J connectivity index is 4.14. The maximum atomic E-state index is 5.39. The Bertz CT molecular complexity index is 111. The summed E-state index contributed by atoms with van der Waals surface area (Å²) < 4.78 is 0. The first kappa shape index (κ1) is 8.89. The third-order valence-corrected chi connectivity index (χ3v) is 2.30. The lowest BCUT2D eigenvalue weighted by molar-refractivity contribution is 0.532. The van der Waals surface area contributed by atoms with Crippen molar-refractivity contribution in [1.29, 1.82) is 0 Å². The normalized spacial score (nSPS) is 14.0. The molecule has 2 heteroatoms. The Labute approximate surface area is 61.7 Å². The highest BCUT2D eigenvalue weighted by atomic mass is 32.2. The molecule has 0 aromatic carbocycles. The smallest absolute Gasteiger partial charge is 0.00531 e. The number of hydrogen-bond acceptors (Lipinski definition) is 2. The van der Waals surface area contributed by atoms with Crippen LogP contribution >= 0.6 is 11.8 Å². The second-order valence-electron chi connectivity index (χ2n) is 2.99. The zero-order valence-electron chi connectivity index (χ0n) is 6.56. The molecule has 2 N–H and O–H groups in total. The maximum absolute atomic E-state index is 5.39. The molecule has 0 spiro atoms. The average Bonchev–Trinajstić information content (AvgIpc) is 1.65. The summed E-state index contributed by atoms with van der Waals surface area (Å²) in [5.74, 6) is 0. The number of rotatable bonds is 1. The van der Waals surface area contributed by atoms with E-state index in [0.717, 1.165) is 0 Å². The molecule has 0 rings (SSSR count). The molecule has 0 saturated carbocycles. The van der Waals surface area contributed by atoms with Crippen LogP contribution in [-0.4, -0.2) is 6.26 Å². The molecular weight excluding hydrogens is 130 g/mol. The Morgan fingerprint density at radius 1 is 1.44 bits per heavy atom. The number of allylic oxidation sites excluding steroid dienone is 1. The van der Waals surface area contributed by atoms with Crippen LogP contribution in [0.5, 0.6) is 0 Å². The molecule has 0 atom stereocenters. The van der Waals surface area contributed by atoms with E-state index in [-0.39, 0.29) is 5.41 Å². The predicted molar refractivity (Wildman–Crippen MR) is 45.2 cm³/mol.